The van der Waals surface area contributed by atoms with Crippen molar-refractivity contribution in [1.82, 2.24) is 19.7 Å². The second-order valence-electron chi connectivity index (χ2n) is 7.22. The molecule has 1 saturated carbocycles. The highest BCUT2D eigenvalue weighted by Gasteiger charge is 2.31. The summed E-state index contributed by atoms with van der Waals surface area (Å²) in [6.07, 6.45) is 2.27. The van der Waals surface area contributed by atoms with Gasteiger partial charge in [-0.3, -0.25) is 0 Å². The largest absolute Gasteiger partial charge is 0.510 e. The molecule has 6 nitrogen and oxygen atoms in total. The number of hydrogen-bond donors (Lipinski definition) is 1. The van der Waals surface area contributed by atoms with Gasteiger partial charge < -0.3 is 9.67 Å². The molecule has 28 heavy (non-hydrogen) atoms. The fraction of sp³-hybridized carbons (Fsp3) is 0.400. The summed E-state index contributed by atoms with van der Waals surface area (Å²) in [4.78, 5) is 4.51. The molecule has 0 spiro atoms. The van der Waals surface area contributed by atoms with Crippen molar-refractivity contribution in [2.24, 2.45) is 0 Å². The van der Waals surface area contributed by atoms with Crippen LogP contribution in [0.2, 0.25) is 0 Å². The maximum Gasteiger partial charge on any atom is 0.192 e. The topological polar surface area (TPSA) is 87.6 Å². The van der Waals surface area contributed by atoms with Gasteiger partial charge in [-0.05, 0) is 31.9 Å². The Hall–Kier alpha value is -2.37. The van der Waals surface area contributed by atoms with Crippen LogP contribution in [0.15, 0.2) is 35.2 Å². The van der Waals surface area contributed by atoms with Crippen LogP contribution in [0, 0.1) is 11.3 Å². The average molecular weight is 412 g/mol. The van der Waals surface area contributed by atoms with Gasteiger partial charge in [0, 0.05) is 12.0 Å². The Labute approximate surface area is 171 Å². The Bertz CT molecular complexity index is 1050. The van der Waals surface area contributed by atoms with E-state index in [1.165, 1.54) is 23.1 Å². The molecule has 2 aromatic heterocycles. The van der Waals surface area contributed by atoms with Gasteiger partial charge in [0.2, 0.25) is 0 Å². The molecule has 1 aromatic carbocycles. The molecule has 4 rings (SSSR count). The number of thiazole rings is 1. The van der Waals surface area contributed by atoms with Crippen molar-refractivity contribution in [3.63, 3.8) is 0 Å². The number of nitriles is 1. The Kier molecular flexibility index (Phi) is 5.13. The van der Waals surface area contributed by atoms with Crippen molar-refractivity contribution < 1.29 is 5.11 Å². The van der Waals surface area contributed by atoms with Crippen molar-refractivity contribution in [3.05, 3.63) is 40.9 Å². The lowest BCUT2D eigenvalue weighted by molar-refractivity contribution is 0.402. The number of benzene rings is 1. The molecule has 1 N–H and O–H groups in total. The van der Waals surface area contributed by atoms with Crippen LogP contribution in [0.25, 0.3) is 15.8 Å². The third-order valence-corrected chi connectivity index (χ3v) is 6.78. The molecule has 1 aliphatic rings. The predicted molar refractivity (Wildman–Crippen MR) is 112 cm³/mol. The van der Waals surface area contributed by atoms with Gasteiger partial charge in [0.05, 0.1) is 15.5 Å². The number of para-hydroxylation sites is 1. The summed E-state index contributed by atoms with van der Waals surface area (Å²) in [7, 11) is 0. The molecule has 1 fully saturated rings. The van der Waals surface area contributed by atoms with E-state index in [9.17, 15) is 10.4 Å². The first kappa shape index (κ1) is 19.0. The molecule has 0 radical (unpaired) electrons. The molecule has 0 aliphatic heterocycles. The third kappa shape index (κ3) is 3.52. The number of rotatable bonds is 6. The van der Waals surface area contributed by atoms with Gasteiger partial charge in [-0.1, -0.05) is 37.7 Å². The smallest absolute Gasteiger partial charge is 0.192 e. The average Bonchev–Trinajstić information content (AvgIpc) is 3.28. The zero-order valence-electron chi connectivity index (χ0n) is 16.0. The summed E-state index contributed by atoms with van der Waals surface area (Å²) < 4.78 is 3.19. The summed E-state index contributed by atoms with van der Waals surface area (Å²) in [5.41, 5.74) is 1.06. The van der Waals surface area contributed by atoms with Crippen LogP contribution in [0.1, 0.15) is 56.4 Å². The van der Waals surface area contributed by atoms with Crippen molar-refractivity contribution in [2.75, 3.05) is 0 Å². The molecule has 3 aromatic rings. The number of thioether (sulfide) groups is 1. The van der Waals surface area contributed by atoms with Crippen LogP contribution in [0.4, 0.5) is 0 Å². The molecular weight excluding hydrogens is 390 g/mol. The number of aromatic nitrogens is 4. The zero-order chi connectivity index (χ0) is 19.8. The number of hydrogen-bond acceptors (Lipinski definition) is 7. The molecule has 1 atom stereocenters. The zero-order valence-corrected chi connectivity index (χ0v) is 17.6. The molecule has 0 bridgehead atoms. The van der Waals surface area contributed by atoms with Crippen molar-refractivity contribution in [1.29, 1.82) is 5.26 Å². The first-order chi connectivity index (χ1) is 13.5. The van der Waals surface area contributed by atoms with E-state index in [0.29, 0.717) is 17.0 Å². The van der Waals surface area contributed by atoms with Crippen LogP contribution in [-0.2, 0) is 0 Å². The number of fused-ring (bicyclic) bond motifs is 1. The fourth-order valence-corrected chi connectivity index (χ4v) is 5.01. The second-order valence-corrected chi connectivity index (χ2v) is 9.55. The minimum atomic E-state index is -0.330. The first-order valence-electron chi connectivity index (χ1n) is 9.30. The standard InChI is InChI=1S/C20H21N5OS2/c1-11(2)18-23-24-20(25(18)13-8-9-13)27-12(3)17(26)14(10-21)19-22-15-6-4-5-7-16(15)28-19/h4-7,11-13,26H,8-9H2,1-3H3/b17-14-. The van der Waals surface area contributed by atoms with E-state index in [4.69, 9.17) is 0 Å². The van der Waals surface area contributed by atoms with Crippen LogP contribution < -0.4 is 0 Å². The minimum Gasteiger partial charge on any atom is -0.510 e. The van der Waals surface area contributed by atoms with E-state index in [0.717, 1.165) is 34.0 Å². The quantitative estimate of drug-likeness (QED) is 0.335. The van der Waals surface area contributed by atoms with Crippen LogP contribution in [0.5, 0.6) is 0 Å². The predicted octanol–water partition coefficient (Wildman–Crippen LogP) is 5.32. The molecular formula is C20H21N5OS2. The number of aliphatic hydroxyl groups is 1. The molecule has 8 heteroatoms. The van der Waals surface area contributed by atoms with E-state index < -0.39 is 0 Å². The normalized spacial score (nSPS) is 16.2. The van der Waals surface area contributed by atoms with E-state index in [-0.39, 0.29) is 16.6 Å². The Morgan fingerprint density at radius 1 is 1.29 bits per heavy atom. The first-order valence-corrected chi connectivity index (χ1v) is 11.0. The minimum absolute atomic E-state index is 0.0306. The Morgan fingerprint density at radius 2 is 2.04 bits per heavy atom. The maximum atomic E-state index is 10.8. The number of aliphatic hydroxyl groups excluding tert-OH is 1. The highest BCUT2D eigenvalue weighted by molar-refractivity contribution is 7.99. The molecule has 1 unspecified atom stereocenters. The van der Waals surface area contributed by atoms with Gasteiger partial charge in [0.15, 0.2) is 5.16 Å². The maximum absolute atomic E-state index is 10.8. The lowest BCUT2D eigenvalue weighted by atomic mass is 10.2. The number of nitrogens with zero attached hydrogens (tertiary/aromatic N) is 5. The molecule has 144 valence electrons. The van der Waals surface area contributed by atoms with Gasteiger partial charge in [0.25, 0.3) is 0 Å². The fourth-order valence-electron chi connectivity index (χ4n) is 3.05. The van der Waals surface area contributed by atoms with Gasteiger partial charge in [0.1, 0.15) is 28.2 Å². The highest BCUT2D eigenvalue weighted by Crippen LogP contribution is 2.41. The van der Waals surface area contributed by atoms with E-state index in [1.54, 1.807) is 0 Å². The summed E-state index contributed by atoms with van der Waals surface area (Å²) >= 11 is 2.85. The van der Waals surface area contributed by atoms with Crippen molar-refractivity contribution in [3.8, 4) is 6.07 Å². The summed E-state index contributed by atoms with van der Waals surface area (Å²) in [6, 6.07) is 10.3. The molecule has 1 aliphatic carbocycles. The van der Waals surface area contributed by atoms with Gasteiger partial charge in [-0.2, -0.15) is 5.26 Å². The monoisotopic (exact) mass is 411 g/mol. The lowest BCUT2D eigenvalue weighted by Crippen LogP contribution is -2.08. The highest BCUT2D eigenvalue weighted by atomic mass is 32.2. The Morgan fingerprint density at radius 3 is 2.68 bits per heavy atom. The SMILES string of the molecule is CC(Sc1nnc(C(C)C)n1C1CC1)/C(O)=C(\C#N)c1nc2ccccc2s1. The summed E-state index contributed by atoms with van der Waals surface area (Å²) in [5.74, 6) is 1.30. The molecule has 0 amide bonds. The second kappa shape index (κ2) is 7.57. The third-order valence-electron chi connectivity index (χ3n) is 4.66. The van der Waals surface area contributed by atoms with Gasteiger partial charge >= 0.3 is 0 Å². The summed E-state index contributed by atoms with van der Waals surface area (Å²) in [6.45, 7) is 6.10. The number of allylic oxidation sites excluding steroid dienone is 1. The summed E-state index contributed by atoms with van der Waals surface area (Å²) in [5, 5.41) is 30.2. The van der Waals surface area contributed by atoms with E-state index in [1.807, 2.05) is 31.2 Å². The van der Waals surface area contributed by atoms with E-state index >= 15 is 0 Å². The molecule has 2 heterocycles. The van der Waals surface area contributed by atoms with E-state index in [2.05, 4.69) is 39.7 Å². The van der Waals surface area contributed by atoms with Crippen LogP contribution in [-0.4, -0.2) is 30.1 Å². The van der Waals surface area contributed by atoms with Crippen LogP contribution >= 0.6 is 23.1 Å². The lowest BCUT2D eigenvalue weighted by Gasteiger charge is -2.14. The molecule has 0 saturated heterocycles. The van der Waals surface area contributed by atoms with Crippen LogP contribution in [0.3, 0.4) is 0 Å². The van der Waals surface area contributed by atoms with Gasteiger partial charge in [-0.25, -0.2) is 4.98 Å². The van der Waals surface area contributed by atoms with Crippen molar-refractivity contribution in [2.45, 2.75) is 56.0 Å². The van der Waals surface area contributed by atoms with Gasteiger partial charge in [-0.15, -0.1) is 21.5 Å². The van der Waals surface area contributed by atoms with Crippen molar-refractivity contribution >= 4 is 38.9 Å². The Balaban J connectivity index is 1.65.